The first kappa shape index (κ1) is 22.1. The van der Waals surface area contributed by atoms with Crippen molar-refractivity contribution >= 4 is 27.3 Å². The molecule has 0 radical (unpaired) electrons. The topological polar surface area (TPSA) is 83.0 Å². The summed E-state index contributed by atoms with van der Waals surface area (Å²) in [6.07, 6.45) is 0.751. The lowest BCUT2D eigenvalue weighted by Crippen LogP contribution is -2.50. The number of nitrogens with one attached hydrogen (secondary N) is 2. The van der Waals surface area contributed by atoms with Crippen LogP contribution in [0.15, 0.2) is 17.1 Å². The van der Waals surface area contributed by atoms with Crippen LogP contribution in [0.5, 0.6) is 0 Å². The maximum absolute atomic E-state index is 12.6. The molecule has 27 heavy (non-hydrogen) atoms. The molecule has 1 aromatic rings. The zero-order chi connectivity index (χ0) is 20.0. The number of hydrogen-bond acceptors (Lipinski definition) is 5. The fourth-order valence-corrected chi connectivity index (χ4v) is 5.67. The number of sulfonamides is 1. The van der Waals surface area contributed by atoms with Crippen molar-refractivity contribution in [3.8, 4) is 0 Å². The Hall–Kier alpha value is -1.16. The smallest absolute Gasteiger partial charge is 0.216 e. The van der Waals surface area contributed by atoms with Crippen LogP contribution in [-0.2, 0) is 21.2 Å². The zero-order valence-corrected chi connectivity index (χ0v) is 18.5. The van der Waals surface area contributed by atoms with Gasteiger partial charge in [-0.2, -0.15) is 4.31 Å². The maximum Gasteiger partial charge on any atom is 0.216 e. The van der Waals surface area contributed by atoms with E-state index in [1.807, 2.05) is 13.8 Å². The van der Waals surface area contributed by atoms with Crippen molar-refractivity contribution in [3.05, 3.63) is 21.9 Å². The molecule has 3 unspecified atom stereocenters. The monoisotopic (exact) mass is 416 g/mol. The summed E-state index contributed by atoms with van der Waals surface area (Å²) in [7, 11) is -1.63. The van der Waals surface area contributed by atoms with Crippen LogP contribution in [0.4, 0.5) is 0 Å². The largest absolute Gasteiger partial charge is 0.373 e. The van der Waals surface area contributed by atoms with Crippen molar-refractivity contribution in [1.82, 2.24) is 14.9 Å². The van der Waals surface area contributed by atoms with E-state index in [2.05, 4.69) is 41.6 Å². The van der Waals surface area contributed by atoms with Gasteiger partial charge in [0.1, 0.15) is 0 Å². The van der Waals surface area contributed by atoms with Crippen molar-refractivity contribution in [2.75, 3.05) is 32.4 Å². The van der Waals surface area contributed by atoms with E-state index in [0.29, 0.717) is 25.6 Å². The minimum Gasteiger partial charge on any atom is -0.373 e. The molecule has 0 aliphatic carbocycles. The van der Waals surface area contributed by atoms with E-state index in [9.17, 15) is 8.42 Å². The number of nitrogens with zero attached hydrogens (tertiary/aromatic N) is 2. The molecule has 7 nitrogen and oxygen atoms in total. The summed E-state index contributed by atoms with van der Waals surface area (Å²) in [6.45, 7) is 9.14. The third kappa shape index (κ3) is 7.06. The van der Waals surface area contributed by atoms with Crippen LogP contribution in [-0.4, -0.2) is 69.4 Å². The molecule has 0 amide bonds. The fraction of sp³-hybridized carbons (Fsp3) is 0.722. The highest BCUT2D eigenvalue weighted by atomic mass is 32.2. The van der Waals surface area contributed by atoms with Gasteiger partial charge in [0.15, 0.2) is 5.96 Å². The summed E-state index contributed by atoms with van der Waals surface area (Å²) in [5, 5.41) is 6.44. The van der Waals surface area contributed by atoms with Crippen molar-refractivity contribution in [3.63, 3.8) is 0 Å². The van der Waals surface area contributed by atoms with Gasteiger partial charge in [-0.05, 0) is 39.8 Å². The number of guanidine groups is 1. The Morgan fingerprint density at radius 3 is 2.59 bits per heavy atom. The second-order valence-electron chi connectivity index (χ2n) is 7.15. The number of ether oxygens (including phenoxy) is 1. The van der Waals surface area contributed by atoms with E-state index in [1.165, 1.54) is 14.1 Å². The van der Waals surface area contributed by atoms with Gasteiger partial charge >= 0.3 is 0 Å². The molecule has 1 saturated heterocycles. The van der Waals surface area contributed by atoms with E-state index in [0.717, 1.165) is 6.42 Å². The van der Waals surface area contributed by atoms with Gasteiger partial charge in [0.2, 0.25) is 10.0 Å². The van der Waals surface area contributed by atoms with Crippen LogP contribution in [0.2, 0.25) is 0 Å². The lowest BCUT2D eigenvalue weighted by atomic mass is 10.2. The molecule has 2 rings (SSSR count). The first-order valence-electron chi connectivity index (χ1n) is 9.35. The molecule has 3 atom stereocenters. The molecular weight excluding hydrogens is 384 g/mol. The summed E-state index contributed by atoms with van der Waals surface area (Å²) in [5.74, 6) is 0.653. The highest BCUT2D eigenvalue weighted by Gasteiger charge is 2.30. The predicted molar refractivity (Wildman–Crippen MR) is 112 cm³/mol. The lowest BCUT2D eigenvalue weighted by Gasteiger charge is -2.34. The maximum atomic E-state index is 12.6. The molecule has 1 fully saturated rings. The molecule has 154 valence electrons. The van der Waals surface area contributed by atoms with Crippen LogP contribution < -0.4 is 10.6 Å². The summed E-state index contributed by atoms with van der Waals surface area (Å²) in [4.78, 5) is 6.82. The Labute approximate surface area is 167 Å². The first-order valence-corrected chi connectivity index (χ1v) is 11.8. The van der Waals surface area contributed by atoms with Crippen molar-refractivity contribution in [1.29, 1.82) is 0 Å². The number of hydrogen-bond donors (Lipinski definition) is 2. The van der Waals surface area contributed by atoms with Crippen molar-refractivity contribution in [2.24, 2.45) is 4.99 Å². The zero-order valence-electron chi connectivity index (χ0n) is 16.9. The first-order chi connectivity index (χ1) is 12.7. The standard InChI is InChI=1S/C18H32N4O3S2/c1-13(10-17-7-6-16(4)26-17)21-18(19-5)20-8-9-27(23,24)22-11-14(2)25-15(3)12-22/h6-7,13-15H,8-12H2,1-5H3,(H2,19,20,21). The third-order valence-corrected chi connectivity index (χ3v) is 7.17. The summed E-state index contributed by atoms with van der Waals surface area (Å²) in [5.41, 5.74) is 0. The van der Waals surface area contributed by atoms with Gasteiger partial charge in [-0.25, -0.2) is 8.42 Å². The Kier molecular flexibility index (Phi) is 8.08. The summed E-state index contributed by atoms with van der Waals surface area (Å²) >= 11 is 1.79. The van der Waals surface area contributed by atoms with Gasteiger partial charge in [0.05, 0.1) is 18.0 Å². The van der Waals surface area contributed by atoms with E-state index in [4.69, 9.17) is 4.74 Å². The number of rotatable bonds is 7. The van der Waals surface area contributed by atoms with Crippen molar-refractivity contribution in [2.45, 2.75) is 52.4 Å². The molecule has 0 spiro atoms. The van der Waals surface area contributed by atoms with Gasteiger partial charge in [-0.1, -0.05) is 0 Å². The highest BCUT2D eigenvalue weighted by Crippen LogP contribution is 2.17. The molecule has 2 heterocycles. The Bertz CT molecular complexity index is 723. The molecule has 9 heteroatoms. The molecule has 0 saturated carbocycles. The average Bonchev–Trinajstić information content (AvgIpc) is 2.97. The number of aryl methyl sites for hydroxylation is 1. The molecule has 1 aliphatic rings. The molecule has 2 N–H and O–H groups in total. The molecule has 1 aliphatic heterocycles. The van der Waals surface area contributed by atoms with Crippen LogP contribution >= 0.6 is 11.3 Å². The second-order valence-corrected chi connectivity index (χ2v) is 10.6. The summed E-state index contributed by atoms with van der Waals surface area (Å²) in [6, 6.07) is 4.47. The number of aliphatic imine (C=N–C) groups is 1. The molecular formula is C18H32N4O3S2. The van der Waals surface area contributed by atoms with Gasteiger partial charge < -0.3 is 15.4 Å². The van der Waals surface area contributed by atoms with Gasteiger partial charge in [0.25, 0.3) is 0 Å². The highest BCUT2D eigenvalue weighted by molar-refractivity contribution is 7.89. The fourth-order valence-electron chi connectivity index (χ4n) is 3.16. The quantitative estimate of drug-likeness (QED) is 0.521. The predicted octanol–water partition coefficient (Wildman–Crippen LogP) is 1.59. The van der Waals surface area contributed by atoms with Crippen LogP contribution in [0.3, 0.4) is 0 Å². The van der Waals surface area contributed by atoms with E-state index < -0.39 is 10.0 Å². The Balaban J connectivity index is 1.79. The SMILES string of the molecule is CN=C(NCCS(=O)(=O)N1CC(C)OC(C)C1)NC(C)Cc1ccc(C)s1. The molecule has 0 bridgehead atoms. The van der Waals surface area contributed by atoms with Gasteiger partial charge in [0, 0.05) is 48.9 Å². The Morgan fingerprint density at radius 2 is 2.04 bits per heavy atom. The summed E-state index contributed by atoms with van der Waals surface area (Å²) < 4.78 is 32.3. The van der Waals surface area contributed by atoms with E-state index in [-0.39, 0.29) is 24.0 Å². The average molecular weight is 417 g/mol. The van der Waals surface area contributed by atoms with Crippen LogP contribution in [0.25, 0.3) is 0 Å². The molecule has 1 aromatic heterocycles. The lowest BCUT2D eigenvalue weighted by molar-refractivity contribution is -0.0440. The van der Waals surface area contributed by atoms with Crippen LogP contribution in [0.1, 0.15) is 30.5 Å². The van der Waals surface area contributed by atoms with Gasteiger partial charge in [-0.3, -0.25) is 4.99 Å². The minimum absolute atomic E-state index is 0.0334. The van der Waals surface area contributed by atoms with Gasteiger partial charge in [-0.15, -0.1) is 11.3 Å². The second kappa shape index (κ2) is 9.86. The van der Waals surface area contributed by atoms with Crippen molar-refractivity contribution < 1.29 is 13.2 Å². The van der Waals surface area contributed by atoms with Crippen LogP contribution in [0, 0.1) is 6.92 Å². The van der Waals surface area contributed by atoms with E-state index >= 15 is 0 Å². The number of thiophene rings is 1. The molecule has 0 aromatic carbocycles. The normalized spacial score (nSPS) is 23.2. The third-order valence-electron chi connectivity index (χ3n) is 4.34. The Morgan fingerprint density at radius 1 is 1.37 bits per heavy atom. The minimum atomic E-state index is -3.32. The number of morpholine rings is 1. The van der Waals surface area contributed by atoms with E-state index in [1.54, 1.807) is 18.4 Å².